The molecule has 3 rings (SSSR count). The van der Waals surface area contributed by atoms with Crippen molar-refractivity contribution in [1.82, 2.24) is 4.98 Å². The Bertz CT molecular complexity index is 947. The lowest BCUT2D eigenvalue weighted by Crippen LogP contribution is -2.13. The number of hydrogen-bond acceptors (Lipinski definition) is 4. The maximum Gasteiger partial charge on any atom is 0.416 e. The van der Waals surface area contributed by atoms with Gasteiger partial charge < -0.3 is 4.42 Å². The molecule has 2 aromatic carbocycles. The van der Waals surface area contributed by atoms with Gasteiger partial charge in [0, 0.05) is 0 Å². The van der Waals surface area contributed by atoms with E-state index in [0.29, 0.717) is 11.1 Å². The fraction of sp³-hybridized carbons (Fsp3) is 0.0714. The lowest BCUT2D eigenvalue weighted by Gasteiger charge is -2.10. The molecule has 0 fully saturated rings. The van der Waals surface area contributed by atoms with E-state index in [0.717, 1.165) is 24.3 Å². The molecule has 0 bridgehead atoms. The zero-order valence-corrected chi connectivity index (χ0v) is 12.1. The third-order valence-corrected chi connectivity index (χ3v) is 4.47. The van der Waals surface area contributed by atoms with Gasteiger partial charge in [0.05, 0.1) is 16.1 Å². The minimum absolute atomic E-state index is 0.228. The Morgan fingerprint density at radius 1 is 1.04 bits per heavy atom. The fourth-order valence-electron chi connectivity index (χ4n) is 1.96. The standard InChI is InChI=1S/C14H9F3N2O3S/c15-14(16,17)9-1-4-11(5-2-9)23(20,21)19-10-3-6-13-12(7-10)18-8-22-13/h1-8,19H. The molecule has 0 amide bonds. The van der Waals surface area contributed by atoms with Gasteiger partial charge in [-0.3, -0.25) is 4.72 Å². The minimum Gasteiger partial charge on any atom is -0.443 e. The Morgan fingerprint density at radius 2 is 1.74 bits per heavy atom. The van der Waals surface area contributed by atoms with Gasteiger partial charge in [0.2, 0.25) is 0 Å². The van der Waals surface area contributed by atoms with Crippen molar-refractivity contribution in [1.29, 1.82) is 0 Å². The quantitative estimate of drug-likeness (QED) is 0.789. The second-order valence-corrected chi connectivity index (χ2v) is 6.34. The molecule has 1 aromatic heterocycles. The summed E-state index contributed by atoms with van der Waals surface area (Å²) < 4.78 is 69.2. The third-order valence-electron chi connectivity index (χ3n) is 3.07. The normalized spacial score (nSPS) is 12.5. The maximum absolute atomic E-state index is 12.5. The average molecular weight is 342 g/mol. The molecule has 1 N–H and O–H groups in total. The van der Waals surface area contributed by atoms with Crippen molar-refractivity contribution in [2.24, 2.45) is 0 Å². The third kappa shape index (κ3) is 3.14. The molecule has 0 spiro atoms. The summed E-state index contributed by atoms with van der Waals surface area (Å²) in [6.45, 7) is 0. The number of halogens is 3. The number of nitrogens with one attached hydrogen (secondary N) is 1. The van der Waals surface area contributed by atoms with E-state index < -0.39 is 21.8 Å². The number of hydrogen-bond donors (Lipinski definition) is 1. The van der Waals surface area contributed by atoms with Gasteiger partial charge in [0.15, 0.2) is 12.0 Å². The van der Waals surface area contributed by atoms with Crippen LogP contribution in [-0.2, 0) is 16.2 Å². The van der Waals surface area contributed by atoms with E-state index in [1.165, 1.54) is 24.6 Å². The first kappa shape index (κ1) is 15.3. The summed E-state index contributed by atoms with van der Waals surface area (Å²) in [7, 11) is -4.00. The van der Waals surface area contributed by atoms with Gasteiger partial charge in [0.1, 0.15) is 5.52 Å². The van der Waals surface area contributed by atoms with Crippen LogP contribution in [0.15, 0.2) is 58.2 Å². The van der Waals surface area contributed by atoms with Crippen LogP contribution in [0.2, 0.25) is 0 Å². The van der Waals surface area contributed by atoms with E-state index in [4.69, 9.17) is 4.42 Å². The van der Waals surface area contributed by atoms with Crippen LogP contribution in [0.4, 0.5) is 18.9 Å². The van der Waals surface area contributed by atoms with Crippen LogP contribution < -0.4 is 4.72 Å². The van der Waals surface area contributed by atoms with Gasteiger partial charge in [-0.15, -0.1) is 0 Å². The zero-order valence-electron chi connectivity index (χ0n) is 11.3. The summed E-state index contributed by atoms with van der Waals surface area (Å²) in [5.41, 5.74) is 0.256. The number of benzene rings is 2. The number of nitrogens with zero attached hydrogens (tertiary/aromatic N) is 1. The van der Waals surface area contributed by atoms with Crippen molar-refractivity contribution in [3.05, 3.63) is 54.4 Å². The Balaban J connectivity index is 1.88. The SMILES string of the molecule is O=S(=O)(Nc1ccc2ocnc2c1)c1ccc(C(F)(F)F)cc1. The lowest BCUT2D eigenvalue weighted by atomic mass is 10.2. The van der Waals surface area contributed by atoms with E-state index in [2.05, 4.69) is 9.71 Å². The predicted molar refractivity (Wildman–Crippen MR) is 76.3 cm³/mol. The summed E-state index contributed by atoms with van der Waals surface area (Å²) in [6.07, 6.45) is -3.30. The van der Waals surface area contributed by atoms with Crippen molar-refractivity contribution in [2.75, 3.05) is 4.72 Å². The number of aromatic nitrogens is 1. The van der Waals surface area contributed by atoms with Crippen LogP contribution in [-0.4, -0.2) is 13.4 Å². The second kappa shape index (κ2) is 5.27. The van der Waals surface area contributed by atoms with Gasteiger partial charge in [-0.2, -0.15) is 13.2 Å². The molecule has 3 aromatic rings. The van der Waals surface area contributed by atoms with Crippen molar-refractivity contribution >= 4 is 26.8 Å². The van der Waals surface area contributed by atoms with Crippen LogP contribution in [0.5, 0.6) is 0 Å². The summed E-state index contributed by atoms with van der Waals surface area (Å²) in [5.74, 6) is 0. The highest BCUT2D eigenvalue weighted by atomic mass is 32.2. The Labute approximate surface area is 128 Å². The molecule has 0 radical (unpaired) electrons. The molecule has 5 nitrogen and oxygen atoms in total. The van der Waals surface area contributed by atoms with E-state index >= 15 is 0 Å². The first-order chi connectivity index (χ1) is 10.8. The van der Waals surface area contributed by atoms with Crippen LogP contribution in [0.3, 0.4) is 0 Å². The van der Waals surface area contributed by atoms with Crippen LogP contribution in [0.25, 0.3) is 11.1 Å². The molecule has 23 heavy (non-hydrogen) atoms. The minimum atomic E-state index is -4.52. The number of oxazole rings is 1. The predicted octanol–water partition coefficient (Wildman–Crippen LogP) is 3.65. The van der Waals surface area contributed by atoms with Gasteiger partial charge >= 0.3 is 6.18 Å². The Morgan fingerprint density at radius 3 is 2.39 bits per heavy atom. The molecule has 0 unspecified atom stereocenters. The average Bonchev–Trinajstić information content (AvgIpc) is 2.93. The smallest absolute Gasteiger partial charge is 0.416 e. The van der Waals surface area contributed by atoms with Crippen LogP contribution >= 0.6 is 0 Å². The summed E-state index contributed by atoms with van der Waals surface area (Å²) >= 11 is 0. The number of sulfonamides is 1. The number of alkyl halides is 3. The first-order valence-corrected chi connectivity index (χ1v) is 7.77. The van der Waals surface area contributed by atoms with Crippen molar-refractivity contribution in [2.45, 2.75) is 11.1 Å². The molecule has 0 aliphatic rings. The first-order valence-electron chi connectivity index (χ1n) is 6.29. The molecule has 0 saturated carbocycles. The van der Waals surface area contributed by atoms with Gasteiger partial charge in [-0.05, 0) is 42.5 Å². The molecular formula is C14H9F3N2O3S. The molecule has 1 heterocycles. The highest BCUT2D eigenvalue weighted by Gasteiger charge is 2.30. The molecular weight excluding hydrogens is 333 g/mol. The van der Waals surface area contributed by atoms with E-state index in [9.17, 15) is 21.6 Å². The van der Waals surface area contributed by atoms with Gasteiger partial charge in [-0.25, -0.2) is 13.4 Å². The second-order valence-electron chi connectivity index (χ2n) is 4.66. The van der Waals surface area contributed by atoms with Gasteiger partial charge in [-0.1, -0.05) is 0 Å². The van der Waals surface area contributed by atoms with Crippen LogP contribution in [0.1, 0.15) is 5.56 Å². The number of fused-ring (bicyclic) bond motifs is 1. The number of rotatable bonds is 3. The summed E-state index contributed by atoms with van der Waals surface area (Å²) in [6, 6.07) is 7.70. The lowest BCUT2D eigenvalue weighted by molar-refractivity contribution is -0.137. The largest absolute Gasteiger partial charge is 0.443 e. The number of anilines is 1. The van der Waals surface area contributed by atoms with Crippen molar-refractivity contribution in [3.8, 4) is 0 Å². The topological polar surface area (TPSA) is 72.2 Å². The van der Waals surface area contributed by atoms with Crippen LogP contribution in [0, 0.1) is 0 Å². The van der Waals surface area contributed by atoms with Gasteiger partial charge in [0.25, 0.3) is 10.0 Å². The highest BCUT2D eigenvalue weighted by molar-refractivity contribution is 7.92. The Kier molecular flexibility index (Phi) is 3.52. The summed E-state index contributed by atoms with van der Waals surface area (Å²) in [5, 5.41) is 0. The van der Waals surface area contributed by atoms with E-state index in [1.807, 2.05) is 0 Å². The maximum atomic E-state index is 12.5. The Hall–Kier alpha value is -2.55. The molecule has 0 saturated heterocycles. The summed E-state index contributed by atoms with van der Waals surface area (Å²) in [4.78, 5) is 3.62. The highest BCUT2D eigenvalue weighted by Crippen LogP contribution is 2.30. The van der Waals surface area contributed by atoms with Crippen molar-refractivity contribution in [3.63, 3.8) is 0 Å². The fourth-order valence-corrected chi connectivity index (χ4v) is 3.01. The van der Waals surface area contributed by atoms with E-state index in [1.54, 1.807) is 0 Å². The monoisotopic (exact) mass is 342 g/mol. The molecule has 120 valence electrons. The molecule has 0 aliphatic carbocycles. The molecule has 0 aliphatic heterocycles. The van der Waals surface area contributed by atoms with Crippen molar-refractivity contribution < 1.29 is 26.0 Å². The molecule has 9 heteroatoms. The van der Waals surface area contributed by atoms with E-state index in [-0.39, 0.29) is 10.6 Å². The molecule has 0 atom stereocenters. The zero-order chi connectivity index (χ0) is 16.7.